The minimum absolute atomic E-state index is 0.0300. The fraction of sp³-hybridized carbons (Fsp3) is 0.333. The molecule has 2 aromatic heterocycles. The van der Waals surface area contributed by atoms with E-state index in [1.807, 2.05) is 31.4 Å². The van der Waals surface area contributed by atoms with E-state index in [9.17, 15) is 10.1 Å². The number of hydrogen-bond acceptors (Lipinski definition) is 6. The SMILES string of the molecule is C=N.CCc1nc(C)sc1C(=O)CC(C#N)c1cccs1. The summed E-state index contributed by atoms with van der Waals surface area (Å²) in [6, 6.07) is 6.04. The number of aromatic nitrogens is 1. The van der Waals surface area contributed by atoms with Crippen LogP contribution in [0.4, 0.5) is 0 Å². The van der Waals surface area contributed by atoms with Crippen molar-refractivity contribution in [1.82, 2.24) is 4.98 Å². The molecule has 21 heavy (non-hydrogen) atoms. The van der Waals surface area contributed by atoms with Crippen LogP contribution in [-0.4, -0.2) is 17.5 Å². The first-order valence-electron chi connectivity index (χ1n) is 6.43. The van der Waals surface area contributed by atoms with Crippen molar-refractivity contribution in [3.63, 3.8) is 0 Å². The van der Waals surface area contributed by atoms with Gasteiger partial charge in [0.2, 0.25) is 0 Å². The molecule has 1 atom stereocenters. The molecule has 0 aliphatic carbocycles. The van der Waals surface area contributed by atoms with Gasteiger partial charge in [0.25, 0.3) is 0 Å². The topological polar surface area (TPSA) is 77.6 Å². The molecule has 0 amide bonds. The van der Waals surface area contributed by atoms with Crippen molar-refractivity contribution in [2.75, 3.05) is 0 Å². The number of hydrogen-bond donors (Lipinski definition) is 1. The molecule has 0 aliphatic rings. The number of thiazole rings is 1. The summed E-state index contributed by atoms with van der Waals surface area (Å²) in [7, 11) is 0. The van der Waals surface area contributed by atoms with Gasteiger partial charge in [-0.05, 0) is 31.5 Å². The van der Waals surface area contributed by atoms with Crippen LogP contribution in [0.15, 0.2) is 17.5 Å². The van der Waals surface area contributed by atoms with Crippen LogP contribution < -0.4 is 0 Å². The molecule has 0 saturated carbocycles. The van der Waals surface area contributed by atoms with Crippen LogP contribution in [0.25, 0.3) is 0 Å². The molecule has 0 bridgehead atoms. The van der Waals surface area contributed by atoms with Gasteiger partial charge >= 0.3 is 0 Å². The zero-order chi connectivity index (χ0) is 15.8. The third kappa shape index (κ3) is 4.31. The van der Waals surface area contributed by atoms with E-state index >= 15 is 0 Å². The lowest BCUT2D eigenvalue weighted by molar-refractivity contribution is 0.0982. The molecule has 0 radical (unpaired) electrons. The Bertz CT molecular complexity index is 626. The molecule has 0 spiro atoms. The van der Waals surface area contributed by atoms with Gasteiger partial charge in [-0.1, -0.05) is 13.0 Å². The summed E-state index contributed by atoms with van der Waals surface area (Å²) in [6.07, 6.45) is 0.993. The first-order chi connectivity index (χ1) is 10.2. The lowest BCUT2D eigenvalue weighted by atomic mass is 10.0. The lowest BCUT2D eigenvalue weighted by Crippen LogP contribution is -2.06. The molecule has 0 aromatic carbocycles. The number of nitrogens with one attached hydrogen (secondary N) is 1. The highest BCUT2D eigenvalue weighted by Crippen LogP contribution is 2.28. The largest absolute Gasteiger partial charge is 0.317 e. The van der Waals surface area contributed by atoms with Gasteiger partial charge in [0.15, 0.2) is 5.78 Å². The molecular formula is C15H17N3OS2. The van der Waals surface area contributed by atoms with E-state index in [0.29, 0.717) is 0 Å². The van der Waals surface area contributed by atoms with E-state index in [1.54, 1.807) is 0 Å². The molecule has 1 unspecified atom stereocenters. The van der Waals surface area contributed by atoms with E-state index in [1.165, 1.54) is 22.7 Å². The first-order valence-corrected chi connectivity index (χ1v) is 8.13. The van der Waals surface area contributed by atoms with Gasteiger partial charge in [-0.2, -0.15) is 5.26 Å². The Balaban J connectivity index is 0.00000106. The summed E-state index contributed by atoms with van der Waals surface area (Å²) in [5.41, 5.74) is 0.857. The highest BCUT2D eigenvalue weighted by molar-refractivity contribution is 7.13. The second-order valence-electron chi connectivity index (χ2n) is 4.19. The number of carbonyl (C=O) groups excluding carboxylic acids is 1. The van der Waals surface area contributed by atoms with Crippen molar-refractivity contribution in [3.8, 4) is 6.07 Å². The standard InChI is InChI=1S/C14H14N2OS2.CH3N/c1-3-11-14(19-9(2)16-11)12(17)7-10(8-15)13-5-4-6-18-13;1-2/h4-6,10H,3,7H2,1-2H3;2H,1H2. The number of nitriles is 1. The summed E-state index contributed by atoms with van der Waals surface area (Å²) >= 11 is 2.95. The zero-order valence-corrected chi connectivity index (χ0v) is 13.7. The van der Waals surface area contributed by atoms with E-state index < -0.39 is 0 Å². The maximum atomic E-state index is 12.3. The van der Waals surface area contributed by atoms with Crippen molar-refractivity contribution in [1.29, 1.82) is 10.7 Å². The van der Waals surface area contributed by atoms with Crippen molar-refractivity contribution in [3.05, 3.63) is 38.0 Å². The van der Waals surface area contributed by atoms with Crippen LogP contribution in [-0.2, 0) is 6.42 Å². The molecule has 0 aliphatic heterocycles. The number of carbonyl (C=O) groups is 1. The molecular weight excluding hydrogens is 302 g/mol. The van der Waals surface area contributed by atoms with Crippen molar-refractivity contribution in [2.24, 2.45) is 0 Å². The lowest BCUT2D eigenvalue weighted by Gasteiger charge is -2.05. The van der Waals surface area contributed by atoms with E-state index in [0.717, 1.165) is 26.9 Å². The Morgan fingerprint density at radius 1 is 1.57 bits per heavy atom. The molecule has 2 aromatic rings. The van der Waals surface area contributed by atoms with Crippen LogP contribution in [0.2, 0.25) is 0 Å². The molecule has 0 saturated heterocycles. The quantitative estimate of drug-likeness (QED) is 0.662. The third-order valence-corrected chi connectivity index (χ3v) is 4.86. The van der Waals surface area contributed by atoms with Crippen LogP contribution in [0.5, 0.6) is 0 Å². The van der Waals surface area contributed by atoms with Gasteiger partial charge in [-0.15, -0.1) is 22.7 Å². The predicted octanol–water partition coefficient (Wildman–Crippen LogP) is 4.22. The summed E-state index contributed by atoms with van der Waals surface area (Å²) < 4.78 is 0. The van der Waals surface area contributed by atoms with Gasteiger partial charge in [0.1, 0.15) is 0 Å². The van der Waals surface area contributed by atoms with Gasteiger partial charge in [-0.25, -0.2) is 4.98 Å². The Morgan fingerprint density at radius 3 is 2.81 bits per heavy atom. The summed E-state index contributed by atoms with van der Waals surface area (Å²) in [5.74, 6) is -0.318. The number of aryl methyl sites for hydroxylation is 2. The maximum Gasteiger partial charge on any atom is 0.176 e. The average Bonchev–Trinajstić information content (AvgIpc) is 3.15. The Hall–Kier alpha value is -1.84. The highest BCUT2D eigenvalue weighted by Gasteiger charge is 2.21. The van der Waals surface area contributed by atoms with E-state index in [-0.39, 0.29) is 18.1 Å². The van der Waals surface area contributed by atoms with Crippen LogP contribution in [0.1, 0.15) is 44.5 Å². The smallest absolute Gasteiger partial charge is 0.176 e. The molecule has 4 nitrogen and oxygen atoms in total. The van der Waals surface area contributed by atoms with Gasteiger partial charge in [0.05, 0.1) is 27.6 Å². The molecule has 2 rings (SSSR count). The molecule has 1 N–H and O–H groups in total. The molecule has 110 valence electrons. The highest BCUT2D eigenvalue weighted by atomic mass is 32.1. The van der Waals surface area contributed by atoms with Crippen LogP contribution >= 0.6 is 22.7 Å². The van der Waals surface area contributed by atoms with Crippen LogP contribution in [0.3, 0.4) is 0 Å². The Morgan fingerprint density at radius 2 is 2.29 bits per heavy atom. The molecule has 2 heterocycles. The summed E-state index contributed by atoms with van der Waals surface area (Å²) in [4.78, 5) is 18.4. The van der Waals surface area contributed by atoms with Gasteiger partial charge in [-0.3, -0.25) is 4.79 Å². The van der Waals surface area contributed by atoms with Crippen molar-refractivity contribution >= 4 is 35.2 Å². The van der Waals surface area contributed by atoms with Gasteiger partial charge in [0, 0.05) is 11.3 Å². The Labute approximate surface area is 132 Å². The average molecular weight is 319 g/mol. The molecule has 6 heteroatoms. The van der Waals surface area contributed by atoms with Crippen molar-refractivity contribution in [2.45, 2.75) is 32.6 Å². The zero-order valence-electron chi connectivity index (χ0n) is 12.0. The van der Waals surface area contributed by atoms with Gasteiger partial charge < -0.3 is 5.41 Å². The minimum Gasteiger partial charge on any atom is -0.317 e. The van der Waals surface area contributed by atoms with Crippen molar-refractivity contribution < 1.29 is 4.79 Å². The first kappa shape index (κ1) is 17.2. The normalized spacial score (nSPS) is 11.1. The second kappa shape index (κ2) is 8.45. The number of Topliss-reactive ketones (excluding diaryl/α,β-unsaturated/α-hetero) is 1. The second-order valence-corrected chi connectivity index (χ2v) is 6.37. The van der Waals surface area contributed by atoms with E-state index in [4.69, 9.17) is 5.41 Å². The molecule has 0 fully saturated rings. The summed E-state index contributed by atoms with van der Waals surface area (Å²) in [5, 5.41) is 17.6. The monoisotopic (exact) mass is 319 g/mol. The predicted molar refractivity (Wildman–Crippen MR) is 87.7 cm³/mol. The van der Waals surface area contributed by atoms with Crippen LogP contribution in [0, 0.1) is 23.7 Å². The number of thiophene rings is 1. The number of nitrogens with zero attached hydrogens (tertiary/aromatic N) is 2. The fourth-order valence-corrected chi connectivity index (χ4v) is 3.63. The maximum absolute atomic E-state index is 12.3. The Kier molecular flexibility index (Phi) is 6.92. The minimum atomic E-state index is -0.348. The third-order valence-electron chi connectivity index (χ3n) is 2.82. The number of ketones is 1. The van der Waals surface area contributed by atoms with E-state index in [2.05, 4.69) is 17.8 Å². The number of rotatable bonds is 5. The summed E-state index contributed by atoms with van der Waals surface area (Å²) in [6.45, 7) is 6.40. The fourth-order valence-electron chi connectivity index (χ4n) is 1.91.